The van der Waals surface area contributed by atoms with Crippen molar-refractivity contribution >= 4 is 22.7 Å². The summed E-state index contributed by atoms with van der Waals surface area (Å²) >= 11 is 1.49. The van der Waals surface area contributed by atoms with E-state index in [0.29, 0.717) is 0 Å². The molecule has 2 nitrogen and oxygen atoms in total. The lowest BCUT2D eigenvalue weighted by Gasteiger charge is -2.13. The second-order valence-electron chi connectivity index (χ2n) is 4.45. The molecule has 0 bridgehead atoms. The fourth-order valence-corrected chi connectivity index (χ4v) is 2.57. The molecule has 0 fully saturated rings. The first kappa shape index (κ1) is 12.5. The number of likely N-dealkylation sites (N-methyl/N-ethyl adjacent to an activating group) is 1. The van der Waals surface area contributed by atoms with Gasteiger partial charge in [-0.1, -0.05) is 18.2 Å². The Kier molecular flexibility index (Phi) is 4.51. The minimum Gasteiger partial charge on any atom is -0.361 e. The van der Waals surface area contributed by atoms with Gasteiger partial charge < -0.3 is 9.88 Å². The van der Waals surface area contributed by atoms with Crippen molar-refractivity contribution in [3.8, 4) is 0 Å². The summed E-state index contributed by atoms with van der Waals surface area (Å²) in [5.41, 5.74) is 2.68. The predicted molar refractivity (Wildman–Crippen MR) is 79.1 cm³/mol. The molecule has 3 heteroatoms. The molecule has 1 heterocycles. The van der Waals surface area contributed by atoms with Crippen molar-refractivity contribution in [2.75, 3.05) is 32.1 Å². The van der Waals surface area contributed by atoms with Crippen molar-refractivity contribution in [3.05, 3.63) is 36.0 Å². The van der Waals surface area contributed by atoms with Gasteiger partial charge in [-0.05, 0) is 36.9 Å². The Balaban J connectivity index is 1.95. The summed E-state index contributed by atoms with van der Waals surface area (Å²) in [6.45, 7) is 2.33. The zero-order valence-electron chi connectivity index (χ0n) is 10.6. The van der Waals surface area contributed by atoms with Crippen LogP contribution in [0, 0.1) is 0 Å². The number of H-pyrrole nitrogens is 1. The van der Waals surface area contributed by atoms with Gasteiger partial charge in [0.15, 0.2) is 0 Å². The van der Waals surface area contributed by atoms with E-state index < -0.39 is 0 Å². The maximum Gasteiger partial charge on any atom is 0.118 e. The van der Waals surface area contributed by atoms with E-state index in [1.807, 2.05) is 0 Å². The molecule has 0 atom stereocenters. The van der Waals surface area contributed by atoms with E-state index in [-0.39, 0.29) is 0 Å². The fourth-order valence-electron chi connectivity index (χ4n) is 2.03. The van der Waals surface area contributed by atoms with Crippen molar-refractivity contribution in [1.29, 1.82) is 0 Å². The molecule has 0 aliphatic carbocycles. The maximum absolute atomic E-state index is 3.34. The van der Waals surface area contributed by atoms with E-state index in [1.54, 1.807) is 0 Å². The minimum absolute atomic E-state index is 1.13. The average Bonchev–Trinajstić information content (AvgIpc) is 2.77. The van der Waals surface area contributed by atoms with Gasteiger partial charge in [-0.25, -0.2) is 0 Å². The van der Waals surface area contributed by atoms with E-state index in [9.17, 15) is 0 Å². The molecule has 2 rings (SSSR count). The lowest BCUT2D eigenvalue weighted by Crippen LogP contribution is -2.24. The van der Waals surface area contributed by atoms with Gasteiger partial charge in [0.05, 0.1) is 6.26 Å². The Morgan fingerprint density at radius 2 is 2.06 bits per heavy atom. The highest BCUT2D eigenvalue weighted by Gasteiger charge is 2.05. The molecule has 0 saturated heterocycles. The van der Waals surface area contributed by atoms with Gasteiger partial charge in [0.2, 0.25) is 0 Å². The van der Waals surface area contributed by atoms with Crippen LogP contribution in [0.2, 0.25) is 0 Å². The maximum atomic E-state index is 3.34. The van der Waals surface area contributed by atoms with Gasteiger partial charge in [-0.3, -0.25) is 0 Å². The van der Waals surface area contributed by atoms with Gasteiger partial charge in [0, 0.05) is 30.2 Å². The Labute approximate surface area is 107 Å². The number of aromatic nitrogens is 1. The van der Waals surface area contributed by atoms with Gasteiger partial charge in [-0.15, -0.1) is 0 Å². The number of fused-ring (bicyclic) bond motifs is 1. The number of nitrogens with one attached hydrogen (secondary N) is 1. The standard InChI is InChI=1S/C14H20N2S/c1-16(9-10-17-2)8-7-12-11-15-14-6-4-3-5-13(12)14/h3-6,11,15H,7-10H2,1-2H3/p+1. The molecule has 0 aliphatic rings. The number of benzene rings is 1. The van der Waals surface area contributed by atoms with Crippen LogP contribution >= 0.6 is 0 Å². The summed E-state index contributed by atoms with van der Waals surface area (Å²) in [6, 6.07) is 8.53. The van der Waals surface area contributed by atoms with Gasteiger partial charge in [0.25, 0.3) is 0 Å². The van der Waals surface area contributed by atoms with Crippen LogP contribution in [0.15, 0.2) is 30.5 Å². The van der Waals surface area contributed by atoms with Crippen LogP contribution in [-0.2, 0) is 18.2 Å². The normalized spacial score (nSPS) is 11.5. The molecule has 1 aromatic carbocycles. The smallest absolute Gasteiger partial charge is 0.118 e. The van der Waals surface area contributed by atoms with Crippen LogP contribution in [0.25, 0.3) is 10.9 Å². The third-order valence-electron chi connectivity index (χ3n) is 3.14. The summed E-state index contributed by atoms with van der Waals surface area (Å²) < 4.78 is 0. The van der Waals surface area contributed by atoms with Crippen molar-refractivity contribution in [2.45, 2.75) is 6.42 Å². The van der Waals surface area contributed by atoms with Gasteiger partial charge in [-0.2, -0.15) is 0 Å². The summed E-state index contributed by atoms with van der Waals surface area (Å²) in [6.07, 6.45) is 5.49. The highest BCUT2D eigenvalue weighted by atomic mass is 32.2. The Morgan fingerprint density at radius 1 is 1.24 bits per heavy atom. The molecule has 0 radical (unpaired) electrons. The summed E-state index contributed by atoms with van der Waals surface area (Å²) in [7, 11) is 2.21. The highest BCUT2D eigenvalue weighted by molar-refractivity contribution is 7.77. The van der Waals surface area contributed by atoms with E-state index in [0.717, 1.165) is 13.0 Å². The number of aromatic amines is 1. The first-order chi connectivity index (χ1) is 8.31. The third kappa shape index (κ3) is 3.27. The summed E-state index contributed by atoms with van der Waals surface area (Å²) in [5, 5.41) is 1.37. The third-order valence-corrected chi connectivity index (χ3v) is 3.79. The molecule has 0 unspecified atom stereocenters. The summed E-state index contributed by atoms with van der Waals surface area (Å²) in [4.78, 5) is 5.75. The van der Waals surface area contributed by atoms with Crippen LogP contribution in [0.3, 0.4) is 0 Å². The fraction of sp³-hybridized carbons (Fsp3) is 0.429. The lowest BCUT2D eigenvalue weighted by molar-refractivity contribution is 0.361. The largest absolute Gasteiger partial charge is 0.361 e. The molecule has 0 saturated carbocycles. The minimum atomic E-state index is 1.13. The number of hydrogen-bond donors (Lipinski definition) is 1. The molecule has 92 valence electrons. The molecule has 1 N–H and O–H groups in total. The summed E-state index contributed by atoms with van der Waals surface area (Å²) in [5.74, 6) is 1.27. The Hall–Kier alpha value is -0.930. The second kappa shape index (κ2) is 6.12. The predicted octanol–water partition coefficient (Wildman–Crippen LogP) is 2.09. The Morgan fingerprint density at radius 3 is 2.88 bits per heavy atom. The van der Waals surface area contributed by atoms with Gasteiger partial charge in [0.1, 0.15) is 5.75 Å². The van der Waals surface area contributed by atoms with Crippen LogP contribution in [-0.4, -0.2) is 42.0 Å². The molecule has 2 aromatic rings. The highest BCUT2D eigenvalue weighted by Crippen LogP contribution is 2.18. The molecule has 0 spiro atoms. The monoisotopic (exact) mass is 249 g/mol. The molecule has 17 heavy (non-hydrogen) atoms. The zero-order valence-corrected chi connectivity index (χ0v) is 11.5. The molecular formula is C14H21N2S+. The SMILES string of the molecule is C[SH+]CCN(C)CCc1c[nH]c2ccccc12. The van der Waals surface area contributed by atoms with Crippen molar-refractivity contribution < 1.29 is 0 Å². The van der Waals surface area contributed by atoms with E-state index in [1.165, 1.54) is 40.5 Å². The van der Waals surface area contributed by atoms with Crippen molar-refractivity contribution in [3.63, 3.8) is 0 Å². The first-order valence-electron chi connectivity index (χ1n) is 6.10. The lowest BCUT2D eigenvalue weighted by atomic mass is 10.1. The number of hydrogen-bond acceptors (Lipinski definition) is 1. The average molecular weight is 249 g/mol. The van der Waals surface area contributed by atoms with E-state index in [2.05, 4.69) is 53.6 Å². The Bertz CT molecular complexity index is 464. The van der Waals surface area contributed by atoms with Crippen molar-refractivity contribution in [2.24, 2.45) is 0 Å². The number of para-hydroxylation sites is 1. The van der Waals surface area contributed by atoms with Gasteiger partial charge >= 0.3 is 0 Å². The molecular weight excluding hydrogens is 228 g/mol. The van der Waals surface area contributed by atoms with Crippen LogP contribution in [0.1, 0.15) is 5.56 Å². The van der Waals surface area contributed by atoms with E-state index >= 15 is 0 Å². The topological polar surface area (TPSA) is 19.0 Å². The van der Waals surface area contributed by atoms with Crippen LogP contribution in [0.5, 0.6) is 0 Å². The molecule has 1 aromatic heterocycles. The number of nitrogens with zero attached hydrogens (tertiary/aromatic N) is 1. The van der Waals surface area contributed by atoms with Crippen molar-refractivity contribution in [1.82, 2.24) is 9.88 Å². The van der Waals surface area contributed by atoms with Crippen LogP contribution in [0.4, 0.5) is 0 Å². The second-order valence-corrected chi connectivity index (χ2v) is 5.53. The zero-order chi connectivity index (χ0) is 12.1. The number of thiol groups is 1. The van der Waals surface area contributed by atoms with E-state index in [4.69, 9.17) is 0 Å². The molecule has 0 amide bonds. The first-order valence-corrected chi connectivity index (χ1v) is 7.63. The number of rotatable bonds is 6. The molecule has 0 aliphatic heterocycles. The van der Waals surface area contributed by atoms with Crippen LogP contribution < -0.4 is 0 Å². The quantitative estimate of drug-likeness (QED) is 0.613.